The van der Waals surface area contributed by atoms with Gasteiger partial charge < -0.3 is 10.2 Å². The molecule has 2 N–H and O–H groups in total. The number of aliphatic carboxylic acids is 1. The number of hydrogen-bond donors (Lipinski definition) is 2. The van der Waals surface area contributed by atoms with Crippen LogP contribution in [0.25, 0.3) is 0 Å². The quantitative estimate of drug-likeness (QED) is 0.747. The molecule has 4 nitrogen and oxygen atoms in total. The van der Waals surface area contributed by atoms with Crippen molar-refractivity contribution in [3.63, 3.8) is 0 Å². The third kappa shape index (κ3) is 6.03. The van der Waals surface area contributed by atoms with Crippen LogP contribution in [0.2, 0.25) is 0 Å². The van der Waals surface area contributed by atoms with Crippen LogP contribution in [0.1, 0.15) is 51.4 Å². The highest BCUT2D eigenvalue weighted by Gasteiger charge is 2.19. The van der Waals surface area contributed by atoms with Crippen LogP contribution in [0.4, 0.5) is 0 Å². The largest absolute Gasteiger partial charge is 0.481 e. The Kier molecular flexibility index (Phi) is 7.21. The Morgan fingerprint density at radius 1 is 1.06 bits per heavy atom. The molecule has 0 unspecified atom stereocenters. The van der Waals surface area contributed by atoms with E-state index in [9.17, 15) is 4.79 Å². The molecule has 0 bridgehead atoms. The van der Waals surface area contributed by atoms with Crippen LogP contribution < -0.4 is 0 Å². The van der Waals surface area contributed by atoms with Gasteiger partial charge in [0.05, 0.1) is 13.0 Å². The van der Waals surface area contributed by atoms with E-state index in [2.05, 4.69) is 4.90 Å². The van der Waals surface area contributed by atoms with Crippen LogP contribution in [0.3, 0.4) is 0 Å². The minimum absolute atomic E-state index is 0.121. The lowest BCUT2D eigenvalue weighted by Crippen LogP contribution is -2.39. The molecule has 0 aromatic carbocycles. The van der Waals surface area contributed by atoms with Gasteiger partial charge in [-0.15, -0.1) is 0 Å². The number of carboxylic acid groups (broad SMARTS) is 1. The normalized spacial score (nSPS) is 18.9. The number of aliphatic hydroxyl groups excluding tert-OH is 1. The fraction of sp³-hybridized carbons (Fsp3) is 0.923. The molecule has 1 saturated carbocycles. The first-order valence-corrected chi connectivity index (χ1v) is 6.80. The lowest BCUT2D eigenvalue weighted by atomic mass is 9.95. The summed E-state index contributed by atoms with van der Waals surface area (Å²) in [4.78, 5) is 12.8. The van der Waals surface area contributed by atoms with Crippen molar-refractivity contribution in [2.45, 2.75) is 57.4 Å². The minimum Gasteiger partial charge on any atom is -0.481 e. The van der Waals surface area contributed by atoms with Gasteiger partial charge in [-0.05, 0) is 12.8 Å². The molecular weight excluding hydrogens is 218 g/mol. The van der Waals surface area contributed by atoms with E-state index in [-0.39, 0.29) is 13.0 Å². The van der Waals surface area contributed by atoms with Crippen molar-refractivity contribution in [3.8, 4) is 0 Å². The summed E-state index contributed by atoms with van der Waals surface area (Å²) in [5.41, 5.74) is 0. The van der Waals surface area contributed by atoms with Crippen LogP contribution in [-0.2, 0) is 4.79 Å². The van der Waals surface area contributed by atoms with Crippen LogP contribution in [-0.4, -0.2) is 46.8 Å². The third-order valence-electron chi connectivity index (χ3n) is 3.59. The average Bonchev–Trinajstić information content (AvgIpc) is 2.24. The standard InChI is InChI=1S/C13H25NO3/c15-11-10-14(9-8-13(16)17)12-6-4-2-1-3-5-7-12/h12,15H,1-11H2,(H,16,17). The first-order chi connectivity index (χ1) is 8.24. The molecule has 1 rings (SSSR count). The topological polar surface area (TPSA) is 60.8 Å². The van der Waals surface area contributed by atoms with Gasteiger partial charge in [-0.3, -0.25) is 9.69 Å². The molecule has 17 heavy (non-hydrogen) atoms. The average molecular weight is 243 g/mol. The Bertz CT molecular complexity index is 213. The molecule has 4 heteroatoms. The first-order valence-electron chi connectivity index (χ1n) is 6.80. The number of carbonyl (C=O) groups is 1. The van der Waals surface area contributed by atoms with Crippen molar-refractivity contribution in [3.05, 3.63) is 0 Å². The number of aliphatic hydroxyl groups is 1. The Morgan fingerprint density at radius 3 is 2.18 bits per heavy atom. The third-order valence-corrected chi connectivity index (χ3v) is 3.59. The summed E-state index contributed by atoms with van der Waals surface area (Å²) >= 11 is 0. The molecule has 0 atom stereocenters. The van der Waals surface area contributed by atoms with E-state index < -0.39 is 5.97 Å². The van der Waals surface area contributed by atoms with Gasteiger partial charge in [0, 0.05) is 19.1 Å². The Balaban J connectivity index is 2.43. The summed E-state index contributed by atoms with van der Waals surface area (Å²) in [5.74, 6) is -0.751. The van der Waals surface area contributed by atoms with Crippen molar-refractivity contribution < 1.29 is 15.0 Å². The van der Waals surface area contributed by atoms with Crippen molar-refractivity contribution in [2.24, 2.45) is 0 Å². The van der Waals surface area contributed by atoms with Crippen LogP contribution >= 0.6 is 0 Å². The number of hydrogen-bond acceptors (Lipinski definition) is 3. The van der Waals surface area contributed by atoms with E-state index in [0.29, 0.717) is 19.1 Å². The molecular formula is C13H25NO3. The van der Waals surface area contributed by atoms with Gasteiger partial charge >= 0.3 is 5.97 Å². The molecule has 1 aliphatic rings. The molecule has 1 fully saturated rings. The van der Waals surface area contributed by atoms with Crippen LogP contribution in [0.5, 0.6) is 0 Å². The van der Waals surface area contributed by atoms with Crippen LogP contribution in [0, 0.1) is 0 Å². The SMILES string of the molecule is O=C(O)CCN(CCO)C1CCCCCCC1. The van der Waals surface area contributed by atoms with Gasteiger partial charge in [0.25, 0.3) is 0 Å². The second-order valence-electron chi connectivity index (χ2n) is 4.90. The van der Waals surface area contributed by atoms with E-state index in [0.717, 1.165) is 12.8 Å². The Morgan fingerprint density at radius 2 is 1.65 bits per heavy atom. The van der Waals surface area contributed by atoms with Crippen LogP contribution in [0.15, 0.2) is 0 Å². The molecule has 0 saturated heterocycles. The molecule has 0 radical (unpaired) electrons. The summed E-state index contributed by atoms with van der Waals surface area (Å²) in [7, 11) is 0. The summed E-state index contributed by atoms with van der Waals surface area (Å²) in [5, 5.41) is 17.8. The maximum atomic E-state index is 10.6. The summed E-state index contributed by atoms with van der Waals surface area (Å²) in [6.07, 6.45) is 8.88. The van der Waals surface area contributed by atoms with E-state index in [1.807, 2.05) is 0 Å². The maximum Gasteiger partial charge on any atom is 0.304 e. The summed E-state index contributed by atoms with van der Waals surface area (Å²) < 4.78 is 0. The van der Waals surface area contributed by atoms with Crippen molar-refractivity contribution in [2.75, 3.05) is 19.7 Å². The predicted molar refractivity (Wildman–Crippen MR) is 67.0 cm³/mol. The molecule has 0 aromatic rings. The zero-order valence-electron chi connectivity index (χ0n) is 10.6. The lowest BCUT2D eigenvalue weighted by molar-refractivity contribution is -0.137. The fourth-order valence-electron chi connectivity index (χ4n) is 2.64. The second kappa shape index (κ2) is 8.48. The molecule has 0 spiro atoms. The predicted octanol–water partition coefficient (Wildman–Crippen LogP) is 1.87. The highest BCUT2D eigenvalue weighted by atomic mass is 16.4. The van der Waals surface area contributed by atoms with E-state index in [1.54, 1.807) is 0 Å². The summed E-state index contributed by atoms with van der Waals surface area (Å²) in [6.45, 7) is 1.30. The van der Waals surface area contributed by atoms with Gasteiger partial charge in [0.15, 0.2) is 0 Å². The molecule has 0 heterocycles. The van der Waals surface area contributed by atoms with Gasteiger partial charge in [-0.2, -0.15) is 0 Å². The zero-order chi connectivity index (χ0) is 12.5. The van der Waals surface area contributed by atoms with E-state index >= 15 is 0 Å². The fourth-order valence-corrected chi connectivity index (χ4v) is 2.64. The molecule has 1 aliphatic carbocycles. The number of nitrogens with zero attached hydrogens (tertiary/aromatic N) is 1. The smallest absolute Gasteiger partial charge is 0.304 e. The second-order valence-corrected chi connectivity index (χ2v) is 4.90. The minimum atomic E-state index is -0.751. The van der Waals surface area contributed by atoms with Gasteiger partial charge in [-0.25, -0.2) is 0 Å². The Hall–Kier alpha value is -0.610. The highest BCUT2D eigenvalue weighted by molar-refractivity contribution is 5.66. The first kappa shape index (κ1) is 14.5. The Labute approximate surface area is 104 Å². The molecule has 0 amide bonds. The van der Waals surface area contributed by atoms with Crippen molar-refractivity contribution in [1.82, 2.24) is 4.90 Å². The maximum absolute atomic E-state index is 10.6. The lowest BCUT2D eigenvalue weighted by Gasteiger charge is -2.32. The highest BCUT2D eigenvalue weighted by Crippen LogP contribution is 2.21. The van der Waals surface area contributed by atoms with E-state index in [4.69, 9.17) is 10.2 Å². The molecule has 100 valence electrons. The monoisotopic (exact) mass is 243 g/mol. The van der Waals surface area contributed by atoms with Gasteiger partial charge in [0.1, 0.15) is 0 Å². The van der Waals surface area contributed by atoms with Crippen molar-refractivity contribution in [1.29, 1.82) is 0 Å². The van der Waals surface area contributed by atoms with Gasteiger partial charge in [-0.1, -0.05) is 32.1 Å². The zero-order valence-corrected chi connectivity index (χ0v) is 10.6. The molecule has 0 aromatic heterocycles. The molecule has 0 aliphatic heterocycles. The summed E-state index contributed by atoms with van der Waals surface area (Å²) in [6, 6.07) is 0.474. The number of carboxylic acids is 1. The van der Waals surface area contributed by atoms with Gasteiger partial charge in [0.2, 0.25) is 0 Å². The number of rotatable bonds is 6. The van der Waals surface area contributed by atoms with E-state index in [1.165, 1.54) is 32.1 Å². The van der Waals surface area contributed by atoms with Crippen molar-refractivity contribution >= 4 is 5.97 Å².